The zero-order valence-electron chi connectivity index (χ0n) is 7.88. The smallest absolute Gasteiger partial charge is 0.223 e. The normalized spacial score (nSPS) is 33.0. The molecule has 1 aliphatic heterocycles. The summed E-state index contributed by atoms with van der Waals surface area (Å²) in [4.78, 5) is 11.3. The number of amides is 1. The Morgan fingerprint density at radius 2 is 2.00 bits per heavy atom. The molecule has 0 aromatic rings. The Kier molecular flexibility index (Phi) is 2.28. The molecule has 3 nitrogen and oxygen atoms in total. The van der Waals surface area contributed by atoms with Crippen molar-refractivity contribution in [3.8, 4) is 0 Å². The molecule has 1 atom stereocenters. The monoisotopic (exact) mass is 183 g/mol. The van der Waals surface area contributed by atoms with E-state index in [1.807, 2.05) is 0 Å². The van der Waals surface area contributed by atoms with Crippen LogP contribution < -0.4 is 5.32 Å². The Morgan fingerprint density at radius 3 is 2.62 bits per heavy atom. The van der Waals surface area contributed by atoms with Gasteiger partial charge in [-0.15, -0.1) is 0 Å². The molecule has 0 aromatic heterocycles. The van der Waals surface area contributed by atoms with Crippen molar-refractivity contribution in [3.05, 3.63) is 0 Å². The van der Waals surface area contributed by atoms with Crippen molar-refractivity contribution in [2.24, 2.45) is 0 Å². The first kappa shape index (κ1) is 9.00. The minimum Gasteiger partial charge on any atom is -0.393 e. The van der Waals surface area contributed by atoms with Gasteiger partial charge in [0.05, 0.1) is 12.5 Å². The van der Waals surface area contributed by atoms with E-state index in [4.69, 9.17) is 0 Å². The molecule has 0 radical (unpaired) electrons. The molecular formula is C10H17NO2. The van der Waals surface area contributed by atoms with Crippen LogP contribution >= 0.6 is 0 Å². The molecule has 1 spiro atoms. The van der Waals surface area contributed by atoms with Gasteiger partial charge in [-0.1, -0.05) is 19.3 Å². The number of hydrogen-bond acceptors (Lipinski definition) is 2. The maximum atomic E-state index is 11.3. The molecule has 1 heterocycles. The number of nitrogens with one attached hydrogen (secondary N) is 1. The van der Waals surface area contributed by atoms with Crippen LogP contribution in [0.1, 0.15) is 44.9 Å². The van der Waals surface area contributed by atoms with Crippen molar-refractivity contribution in [1.29, 1.82) is 0 Å². The van der Waals surface area contributed by atoms with Crippen LogP contribution in [0.25, 0.3) is 0 Å². The van der Waals surface area contributed by atoms with E-state index in [1.54, 1.807) is 0 Å². The predicted octanol–water partition coefficient (Wildman–Crippen LogP) is 0.960. The maximum absolute atomic E-state index is 11.3. The third-order valence-electron chi connectivity index (χ3n) is 3.26. The lowest BCUT2D eigenvalue weighted by molar-refractivity contribution is -0.129. The van der Waals surface area contributed by atoms with Crippen LogP contribution in [0.4, 0.5) is 0 Å². The first-order valence-electron chi connectivity index (χ1n) is 5.19. The Hall–Kier alpha value is -0.570. The molecule has 2 fully saturated rings. The van der Waals surface area contributed by atoms with Crippen LogP contribution in [0, 0.1) is 0 Å². The third-order valence-corrected chi connectivity index (χ3v) is 3.26. The maximum Gasteiger partial charge on any atom is 0.223 e. The van der Waals surface area contributed by atoms with Gasteiger partial charge in [-0.25, -0.2) is 0 Å². The van der Waals surface area contributed by atoms with Crippen molar-refractivity contribution < 1.29 is 9.90 Å². The van der Waals surface area contributed by atoms with E-state index in [2.05, 4.69) is 5.32 Å². The minimum atomic E-state index is -0.410. The average molecular weight is 183 g/mol. The molecule has 1 aliphatic carbocycles. The zero-order chi connectivity index (χ0) is 9.31. The second-order valence-corrected chi connectivity index (χ2v) is 4.45. The fourth-order valence-electron chi connectivity index (χ4n) is 2.69. The lowest BCUT2D eigenvalue weighted by Gasteiger charge is -2.42. The van der Waals surface area contributed by atoms with Gasteiger partial charge in [0.2, 0.25) is 5.91 Å². The number of carbonyl (C=O) groups excluding carboxylic acids is 1. The topological polar surface area (TPSA) is 49.3 Å². The highest BCUT2D eigenvalue weighted by molar-refractivity contribution is 5.78. The molecule has 0 aromatic carbocycles. The number of hydrogen-bond donors (Lipinski definition) is 2. The Bertz CT molecular complexity index is 209. The zero-order valence-corrected chi connectivity index (χ0v) is 7.88. The number of carbonyl (C=O) groups is 1. The molecule has 2 aliphatic rings. The van der Waals surface area contributed by atoms with Gasteiger partial charge in [0, 0.05) is 5.54 Å². The first-order valence-corrected chi connectivity index (χ1v) is 5.19. The summed E-state index contributed by atoms with van der Waals surface area (Å²) in [6, 6.07) is 0. The van der Waals surface area contributed by atoms with Crippen LogP contribution in [-0.4, -0.2) is 22.7 Å². The van der Waals surface area contributed by atoms with Gasteiger partial charge in [-0.05, 0) is 19.3 Å². The van der Waals surface area contributed by atoms with Gasteiger partial charge < -0.3 is 10.4 Å². The molecule has 1 saturated carbocycles. The highest BCUT2D eigenvalue weighted by Crippen LogP contribution is 2.34. The lowest BCUT2D eigenvalue weighted by Crippen LogP contribution is -2.56. The van der Waals surface area contributed by atoms with Crippen molar-refractivity contribution >= 4 is 5.91 Å². The number of piperidine rings is 1. The van der Waals surface area contributed by atoms with Crippen molar-refractivity contribution in [3.63, 3.8) is 0 Å². The highest BCUT2D eigenvalue weighted by Gasteiger charge is 2.39. The van der Waals surface area contributed by atoms with E-state index in [0.29, 0.717) is 6.42 Å². The molecule has 2 rings (SSSR count). The summed E-state index contributed by atoms with van der Waals surface area (Å²) in [6.07, 6.45) is 6.40. The highest BCUT2D eigenvalue weighted by atomic mass is 16.3. The molecular weight excluding hydrogens is 166 g/mol. The van der Waals surface area contributed by atoms with E-state index < -0.39 is 6.10 Å². The second-order valence-electron chi connectivity index (χ2n) is 4.45. The summed E-state index contributed by atoms with van der Waals surface area (Å²) in [6.45, 7) is 0. The van der Waals surface area contributed by atoms with Crippen LogP contribution in [0.3, 0.4) is 0 Å². The molecule has 1 amide bonds. The quantitative estimate of drug-likeness (QED) is 0.587. The third kappa shape index (κ3) is 1.85. The SMILES string of the molecule is O=C1C[C@H](O)CC2(CCCCC2)N1. The second kappa shape index (κ2) is 3.29. The van der Waals surface area contributed by atoms with Gasteiger partial charge in [0.1, 0.15) is 0 Å². The molecule has 0 unspecified atom stereocenters. The Balaban J connectivity index is 2.06. The summed E-state index contributed by atoms with van der Waals surface area (Å²) in [5, 5.41) is 12.6. The molecule has 2 N–H and O–H groups in total. The van der Waals surface area contributed by atoms with E-state index in [-0.39, 0.29) is 11.4 Å². The molecule has 1 saturated heterocycles. The Labute approximate surface area is 78.5 Å². The fraction of sp³-hybridized carbons (Fsp3) is 0.900. The van der Waals surface area contributed by atoms with E-state index in [0.717, 1.165) is 19.3 Å². The van der Waals surface area contributed by atoms with Crippen LogP contribution in [0.15, 0.2) is 0 Å². The van der Waals surface area contributed by atoms with E-state index in [1.165, 1.54) is 19.3 Å². The lowest BCUT2D eigenvalue weighted by atomic mass is 9.75. The molecule has 13 heavy (non-hydrogen) atoms. The number of rotatable bonds is 0. The van der Waals surface area contributed by atoms with Gasteiger partial charge in [-0.3, -0.25) is 4.79 Å². The summed E-state index contributed by atoms with van der Waals surface area (Å²) < 4.78 is 0. The summed E-state index contributed by atoms with van der Waals surface area (Å²) >= 11 is 0. The van der Waals surface area contributed by atoms with E-state index >= 15 is 0 Å². The van der Waals surface area contributed by atoms with Gasteiger partial charge >= 0.3 is 0 Å². The van der Waals surface area contributed by atoms with Gasteiger partial charge in [0.15, 0.2) is 0 Å². The fourth-order valence-corrected chi connectivity index (χ4v) is 2.69. The first-order chi connectivity index (χ1) is 6.20. The summed E-state index contributed by atoms with van der Waals surface area (Å²) in [5.74, 6) is 0.0284. The van der Waals surface area contributed by atoms with Crippen LogP contribution in [0.5, 0.6) is 0 Å². The largest absolute Gasteiger partial charge is 0.393 e. The van der Waals surface area contributed by atoms with Gasteiger partial charge in [0.25, 0.3) is 0 Å². The summed E-state index contributed by atoms with van der Waals surface area (Å²) in [7, 11) is 0. The van der Waals surface area contributed by atoms with E-state index in [9.17, 15) is 9.90 Å². The molecule has 74 valence electrons. The molecule has 0 bridgehead atoms. The summed E-state index contributed by atoms with van der Waals surface area (Å²) in [5.41, 5.74) is -0.0486. The van der Waals surface area contributed by atoms with Crippen molar-refractivity contribution in [2.45, 2.75) is 56.6 Å². The average Bonchev–Trinajstić information content (AvgIpc) is 2.02. The number of aliphatic hydroxyl groups is 1. The Morgan fingerprint density at radius 1 is 1.31 bits per heavy atom. The van der Waals surface area contributed by atoms with Crippen LogP contribution in [0.2, 0.25) is 0 Å². The predicted molar refractivity (Wildman–Crippen MR) is 49.2 cm³/mol. The minimum absolute atomic E-state index is 0.0284. The van der Waals surface area contributed by atoms with Gasteiger partial charge in [-0.2, -0.15) is 0 Å². The standard InChI is InChI=1S/C10H17NO2/c12-8-6-9(13)11-10(7-8)4-2-1-3-5-10/h8,12H,1-7H2,(H,11,13)/t8-/m0/s1. The number of aliphatic hydroxyl groups excluding tert-OH is 1. The molecule has 3 heteroatoms. The van der Waals surface area contributed by atoms with Crippen LogP contribution in [-0.2, 0) is 4.79 Å². The van der Waals surface area contributed by atoms with Crippen molar-refractivity contribution in [1.82, 2.24) is 5.32 Å². The van der Waals surface area contributed by atoms with Crippen molar-refractivity contribution in [2.75, 3.05) is 0 Å².